The summed E-state index contributed by atoms with van der Waals surface area (Å²) in [4.78, 5) is 35.0. The number of carbonyl (C=O) groups is 2. The van der Waals surface area contributed by atoms with Crippen molar-refractivity contribution in [2.45, 2.75) is 45.2 Å². The zero-order valence-electron chi connectivity index (χ0n) is 17.9. The van der Waals surface area contributed by atoms with E-state index < -0.39 is 5.91 Å². The van der Waals surface area contributed by atoms with E-state index in [-0.39, 0.29) is 29.6 Å². The summed E-state index contributed by atoms with van der Waals surface area (Å²) in [6.45, 7) is 6.25. The lowest BCUT2D eigenvalue weighted by molar-refractivity contribution is 0.0989. The van der Waals surface area contributed by atoms with E-state index >= 15 is 0 Å². The highest BCUT2D eigenvalue weighted by Gasteiger charge is 2.38. The van der Waals surface area contributed by atoms with Gasteiger partial charge in [0, 0.05) is 32.7 Å². The van der Waals surface area contributed by atoms with E-state index in [1.165, 1.54) is 11.5 Å². The van der Waals surface area contributed by atoms with Gasteiger partial charge in [-0.05, 0) is 50.7 Å². The second kappa shape index (κ2) is 8.61. The Labute approximate surface area is 184 Å². The summed E-state index contributed by atoms with van der Waals surface area (Å²) in [5.74, 6) is -0.0465. The van der Waals surface area contributed by atoms with Gasteiger partial charge in [0.1, 0.15) is 5.00 Å². The van der Waals surface area contributed by atoms with Crippen molar-refractivity contribution in [3.05, 3.63) is 17.5 Å². The quantitative estimate of drug-likeness (QED) is 0.709. The third kappa shape index (κ3) is 4.24. The van der Waals surface area contributed by atoms with E-state index in [1.807, 2.05) is 24.9 Å². The van der Waals surface area contributed by atoms with E-state index in [0.29, 0.717) is 5.95 Å². The molecule has 3 N–H and O–H groups in total. The fraction of sp³-hybridized carbons (Fsp3) is 0.579. The van der Waals surface area contributed by atoms with Gasteiger partial charge >= 0.3 is 6.03 Å². The molecule has 11 nitrogen and oxygen atoms in total. The van der Waals surface area contributed by atoms with Gasteiger partial charge in [-0.25, -0.2) is 4.79 Å². The first-order chi connectivity index (χ1) is 14.8. The Morgan fingerprint density at radius 2 is 2.00 bits per heavy atom. The molecule has 166 valence electrons. The predicted molar refractivity (Wildman–Crippen MR) is 118 cm³/mol. The molecule has 0 saturated carbocycles. The van der Waals surface area contributed by atoms with Crippen LogP contribution in [0.2, 0.25) is 0 Å². The highest BCUT2D eigenvalue weighted by molar-refractivity contribution is 7.10. The second-order valence-electron chi connectivity index (χ2n) is 8.03. The van der Waals surface area contributed by atoms with Crippen LogP contribution in [0.5, 0.6) is 0 Å². The molecular weight excluding hydrogens is 418 g/mol. The van der Waals surface area contributed by atoms with Crippen LogP contribution in [-0.4, -0.2) is 80.1 Å². The third-order valence-electron chi connectivity index (χ3n) is 5.85. The number of amides is 3. The summed E-state index contributed by atoms with van der Waals surface area (Å²) in [5.41, 5.74) is 6.32. The first-order valence-electron chi connectivity index (χ1n) is 10.4. The zero-order chi connectivity index (χ0) is 22.1. The van der Waals surface area contributed by atoms with Crippen LogP contribution in [0.25, 0.3) is 0 Å². The zero-order valence-corrected chi connectivity index (χ0v) is 18.7. The van der Waals surface area contributed by atoms with Gasteiger partial charge in [0.25, 0.3) is 5.91 Å². The molecule has 0 aliphatic carbocycles. The van der Waals surface area contributed by atoms with Crippen LogP contribution in [0.15, 0.2) is 6.07 Å². The third-order valence-corrected chi connectivity index (χ3v) is 6.64. The molecule has 2 saturated heterocycles. The Hall–Kier alpha value is -3.02. The van der Waals surface area contributed by atoms with Gasteiger partial charge in [0.15, 0.2) is 11.5 Å². The van der Waals surface area contributed by atoms with Crippen LogP contribution in [0.3, 0.4) is 0 Å². The van der Waals surface area contributed by atoms with E-state index in [0.717, 1.165) is 49.6 Å². The molecule has 4 heterocycles. The predicted octanol–water partition coefficient (Wildman–Crippen LogP) is 1.59. The van der Waals surface area contributed by atoms with Gasteiger partial charge in [-0.1, -0.05) is 0 Å². The van der Waals surface area contributed by atoms with Gasteiger partial charge in [0.2, 0.25) is 5.95 Å². The largest absolute Gasteiger partial charge is 0.364 e. The molecule has 2 fully saturated rings. The molecule has 12 heteroatoms. The van der Waals surface area contributed by atoms with Crippen molar-refractivity contribution in [1.29, 1.82) is 0 Å². The summed E-state index contributed by atoms with van der Waals surface area (Å²) in [5, 5.41) is 12.1. The van der Waals surface area contributed by atoms with Crippen LogP contribution >= 0.6 is 11.5 Å². The summed E-state index contributed by atoms with van der Waals surface area (Å²) >= 11 is 1.26. The molecule has 3 amide bonds. The Morgan fingerprint density at radius 1 is 1.23 bits per heavy atom. The summed E-state index contributed by atoms with van der Waals surface area (Å²) in [6.07, 6.45) is 2.79. The van der Waals surface area contributed by atoms with E-state index in [9.17, 15) is 9.59 Å². The molecule has 2 aliphatic rings. The van der Waals surface area contributed by atoms with Crippen molar-refractivity contribution in [2.75, 3.05) is 36.9 Å². The fourth-order valence-electron chi connectivity index (χ4n) is 4.25. The Balaban J connectivity index is 1.61. The number of nitrogens with two attached hydrogens (primary N) is 1. The van der Waals surface area contributed by atoms with Gasteiger partial charge in [-0.15, -0.1) is 10.2 Å². The van der Waals surface area contributed by atoms with Gasteiger partial charge in [-0.3, -0.25) is 4.79 Å². The lowest BCUT2D eigenvalue weighted by Crippen LogP contribution is -2.60. The van der Waals surface area contributed by atoms with Crippen molar-refractivity contribution in [3.63, 3.8) is 0 Å². The molecule has 2 aromatic rings. The molecule has 0 spiro atoms. The summed E-state index contributed by atoms with van der Waals surface area (Å²) in [7, 11) is 1.84. The normalized spacial score (nSPS) is 22.0. The SMILES string of the molecule is Cc1cc(Nc2nc(N3CCC[C@@H](N4CCCN(C)C4=O)[C@H]3C)nnc2C(N)=O)sn1. The average Bonchev–Trinajstić information content (AvgIpc) is 3.15. The van der Waals surface area contributed by atoms with Gasteiger partial charge < -0.3 is 25.8 Å². The lowest BCUT2D eigenvalue weighted by atomic mass is 9.95. The Morgan fingerprint density at radius 3 is 2.71 bits per heavy atom. The van der Waals surface area contributed by atoms with Crippen molar-refractivity contribution >= 4 is 40.2 Å². The van der Waals surface area contributed by atoms with E-state index in [2.05, 4.69) is 36.7 Å². The highest BCUT2D eigenvalue weighted by atomic mass is 32.1. The van der Waals surface area contributed by atoms with E-state index in [4.69, 9.17) is 5.73 Å². The van der Waals surface area contributed by atoms with Crippen LogP contribution in [0, 0.1) is 6.92 Å². The number of piperidine rings is 1. The van der Waals surface area contributed by atoms with Crippen molar-refractivity contribution in [3.8, 4) is 0 Å². The summed E-state index contributed by atoms with van der Waals surface area (Å²) < 4.78 is 4.23. The number of rotatable bonds is 5. The molecule has 2 atom stereocenters. The maximum absolute atomic E-state index is 12.7. The van der Waals surface area contributed by atoms with Crippen molar-refractivity contribution in [2.24, 2.45) is 5.73 Å². The maximum Gasteiger partial charge on any atom is 0.320 e. The molecule has 31 heavy (non-hydrogen) atoms. The fourth-order valence-corrected chi connectivity index (χ4v) is 4.91. The smallest absolute Gasteiger partial charge is 0.320 e. The molecule has 0 radical (unpaired) electrons. The van der Waals surface area contributed by atoms with Gasteiger partial charge in [0.05, 0.1) is 11.7 Å². The summed E-state index contributed by atoms with van der Waals surface area (Å²) in [6, 6.07) is 1.98. The molecule has 0 aromatic carbocycles. The number of primary amides is 1. The van der Waals surface area contributed by atoms with E-state index in [1.54, 1.807) is 4.90 Å². The molecular formula is C19H27N9O2S. The number of hydrogen-bond acceptors (Lipinski definition) is 9. The topological polar surface area (TPSA) is 133 Å². The van der Waals surface area contributed by atoms with Crippen molar-refractivity contribution in [1.82, 2.24) is 29.4 Å². The van der Waals surface area contributed by atoms with Crippen molar-refractivity contribution < 1.29 is 9.59 Å². The van der Waals surface area contributed by atoms with Crippen LogP contribution < -0.4 is 16.0 Å². The number of nitrogens with one attached hydrogen (secondary N) is 1. The molecule has 4 rings (SSSR count). The molecule has 0 unspecified atom stereocenters. The number of nitrogens with zero attached hydrogens (tertiary/aromatic N) is 7. The molecule has 2 aromatic heterocycles. The number of carbonyl (C=O) groups excluding carboxylic acids is 2. The number of aryl methyl sites for hydroxylation is 1. The lowest BCUT2D eigenvalue weighted by Gasteiger charge is -2.47. The number of hydrogen-bond donors (Lipinski definition) is 2. The minimum Gasteiger partial charge on any atom is -0.364 e. The van der Waals surface area contributed by atoms with Crippen LogP contribution in [0.1, 0.15) is 42.4 Å². The minimum atomic E-state index is -0.707. The average molecular weight is 446 g/mol. The first-order valence-corrected chi connectivity index (χ1v) is 11.2. The maximum atomic E-state index is 12.7. The van der Waals surface area contributed by atoms with Crippen LogP contribution in [0.4, 0.5) is 21.6 Å². The molecule has 0 bridgehead atoms. The minimum absolute atomic E-state index is 0.00364. The number of aromatic nitrogens is 4. The number of anilines is 3. The Kier molecular flexibility index (Phi) is 5.90. The monoisotopic (exact) mass is 445 g/mol. The first kappa shape index (κ1) is 21.2. The van der Waals surface area contributed by atoms with Crippen LogP contribution in [-0.2, 0) is 0 Å². The number of urea groups is 1. The van der Waals surface area contributed by atoms with Gasteiger partial charge in [-0.2, -0.15) is 9.36 Å². The standard InChI is InChI=1S/C19H27N9O2S/c1-11-10-14(31-25-11)21-17-15(16(20)29)23-24-18(22-17)27-8-4-6-13(12(27)2)28-9-5-7-26(3)19(28)30/h10,12-13H,4-9H2,1-3H3,(H2,20,29)(H,21,22,24)/t12-,13-/m1/s1. The Bertz CT molecular complexity index is 981. The second-order valence-corrected chi connectivity index (χ2v) is 8.83. The highest BCUT2D eigenvalue weighted by Crippen LogP contribution is 2.29. The molecule has 2 aliphatic heterocycles.